The first-order chi connectivity index (χ1) is 14.5. The first-order valence-corrected chi connectivity index (χ1v) is 11.0. The number of likely N-dealkylation sites (tertiary alicyclic amines) is 1. The van der Waals surface area contributed by atoms with Crippen molar-refractivity contribution in [2.24, 2.45) is 0 Å². The molecule has 2 amide bonds. The Kier molecular flexibility index (Phi) is 6.23. The van der Waals surface area contributed by atoms with Crippen molar-refractivity contribution >= 4 is 29.5 Å². The lowest BCUT2D eigenvalue weighted by Crippen LogP contribution is -2.37. The molecule has 1 fully saturated rings. The zero-order valence-electron chi connectivity index (χ0n) is 17.3. The molecule has 0 unspecified atom stereocenters. The van der Waals surface area contributed by atoms with Crippen molar-refractivity contribution in [2.45, 2.75) is 38.6 Å². The number of amides is 2. The summed E-state index contributed by atoms with van der Waals surface area (Å²) >= 11 is 5.99. The Labute approximate surface area is 182 Å². The molecule has 0 atom stereocenters. The molecule has 158 valence electrons. The molecule has 0 spiro atoms. The molecule has 2 aliphatic heterocycles. The zero-order chi connectivity index (χ0) is 21.1. The van der Waals surface area contributed by atoms with E-state index in [9.17, 15) is 9.59 Å². The number of hydrogen-bond acceptors (Lipinski definition) is 3. The molecular weight excluding hydrogens is 400 g/mol. The van der Waals surface area contributed by atoms with Crippen LogP contribution in [0.5, 0.6) is 0 Å². The molecule has 0 saturated carbocycles. The molecule has 0 radical (unpaired) electrons. The van der Waals surface area contributed by atoms with E-state index in [1.807, 2.05) is 51.7 Å². The smallest absolute Gasteiger partial charge is 0.272 e. The summed E-state index contributed by atoms with van der Waals surface area (Å²) in [5.74, 6) is 0.378. The van der Waals surface area contributed by atoms with E-state index in [4.69, 9.17) is 16.7 Å². The number of halogens is 1. The third-order valence-corrected chi connectivity index (χ3v) is 6.21. The van der Waals surface area contributed by atoms with Crippen molar-refractivity contribution < 1.29 is 9.59 Å². The molecule has 0 bridgehead atoms. The third-order valence-electron chi connectivity index (χ3n) is 5.98. The topological polar surface area (TPSA) is 58.4 Å². The van der Waals surface area contributed by atoms with Gasteiger partial charge in [0.2, 0.25) is 5.91 Å². The fourth-order valence-electron chi connectivity index (χ4n) is 4.23. The molecule has 1 aromatic carbocycles. The van der Waals surface area contributed by atoms with Crippen LogP contribution in [0.3, 0.4) is 0 Å². The molecule has 0 aliphatic carbocycles. The molecule has 30 heavy (non-hydrogen) atoms. The van der Waals surface area contributed by atoms with Crippen molar-refractivity contribution in [3.63, 3.8) is 0 Å². The lowest BCUT2D eigenvalue weighted by atomic mass is 9.93. The van der Waals surface area contributed by atoms with Gasteiger partial charge in [0.15, 0.2) is 0 Å². The van der Waals surface area contributed by atoms with Crippen LogP contribution in [0, 0.1) is 0 Å². The van der Waals surface area contributed by atoms with E-state index in [1.165, 1.54) is 0 Å². The van der Waals surface area contributed by atoms with E-state index in [0.717, 1.165) is 50.2 Å². The largest absolute Gasteiger partial charge is 0.339 e. The summed E-state index contributed by atoms with van der Waals surface area (Å²) in [6, 6.07) is 9.41. The number of fused-ring (bicyclic) bond motifs is 1. The van der Waals surface area contributed by atoms with Crippen molar-refractivity contribution in [3.8, 4) is 0 Å². The van der Waals surface area contributed by atoms with Crippen molar-refractivity contribution in [1.29, 1.82) is 0 Å². The highest BCUT2D eigenvalue weighted by atomic mass is 35.5. The fraction of sp³-hybridized carbons (Fsp3) is 0.435. The summed E-state index contributed by atoms with van der Waals surface area (Å²) in [5, 5.41) is 5.40. The number of hydrogen-bond donors (Lipinski definition) is 0. The third kappa shape index (κ3) is 4.43. The van der Waals surface area contributed by atoms with Gasteiger partial charge in [-0.25, -0.2) is 0 Å². The van der Waals surface area contributed by atoms with Gasteiger partial charge in [0.05, 0.1) is 5.69 Å². The molecule has 3 heterocycles. The van der Waals surface area contributed by atoms with E-state index < -0.39 is 0 Å². The second-order valence-corrected chi connectivity index (χ2v) is 8.34. The molecule has 1 aromatic heterocycles. The van der Waals surface area contributed by atoms with Crippen LogP contribution in [0.2, 0.25) is 5.02 Å². The van der Waals surface area contributed by atoms with Gasteiger partial charge < -0.3 is 9.80 Å². The first-order valence-electron chi connectivity index (χ1n) is 10.6. The summed E-state index contributed by atoms with van der Waals surface area (Å²) in [6.07, 6.45) is 6.07. The summed E-state index contributed by atoms with van der Waals surface area (Å²) in [4.78, 5) is 29.0. The SMILES string of the molecule is CCN1CCCn2nc(C3CCN(C(=O)C=Cc4cccc(Cl)c4)CC3)cc2C1=O. The Morgan fingerprint density at radius 1 is 1.20 bits per heavy atom. The zero-order valence-corrected chi connectivity index (χ0v) is 18.0. The number of rotatable bonds is 4. The Balaban J connectivity index is 1.37. The number of nitrogens with zero attached hydrogens (tertiary/aromatic N) is 4. The maximum absolute atomic E-state index is 12.7. The molecule has 7 heteroatoms. The van der Waals surface area contributed by atoms with Gasteiger partial charge in [-0.2, -0.15) is 5.10 Å². The first kappa shape index (κ1) is 20.7. The average molecular weight is 427 g/mol. The Bertz CT molecular complexity index is 960. The van der Waals surface area contributed by atoms with Gasteiger partial charge in [0.25, 0.3) is 5.91 Å². The number of benzene rings is 1. The summed E-state index contributed by atoms with van der Waals surface area (Å²) in [5.41, 5.74) is 2.60. The van der Waals surface area contributed by atoms with Crippen molar-refractivity contribution in [2.75, 3.05) is 26.2 Å². The summed E-state index contributed by atoms with van der Waals surface area (Å²) in [6.45, 7) is 5.70. The second kappa shape index (κ2) is 9.04. The molecule has 2 aromatic rings. The van der Waals surface area contributed by atoms with Gasteiger partial charge in [-0.05, 0) is 56.0 Å². The van der Waals surface area contributed by atoms with E-state index in [1.54, 1.807) is 12.2 Å². The molecule has 6 nitrogen and oxygen atoms in total. The van der Waals surface area contributed by atoms with Crippen LogP contribution >= 0.6 is 11.6 Å². The van der Waals surface area contributed by atoms with Gasteiger partial charge in [-0.1, -0.05) is 23.7 Å². The molecule has 0 N–H and O–H groups in total. The normalized spacial score (nSPS) is 18.0. The number of carbonyl (C=O) groups excluding carboxylic acids is 2. The van der Waals surface area contributed by atoms with E-state index >= 15 is 0 Å². The molecular formula is C23H27ClN4O2. The lowest BCUT2D eigenvalue weighted by molar-refractivity contribution is -0.127. The van der Waals surface area contributed by atoms with E-state index in [0.29, 0.717) is 23.8 Å². The Morgan fingerprint density at radius 3 is 2.73 bits per heavy atom. The predicted molar refractivity (Wildman–Crippen MR) is 117 cm³/mol. The number of piperidine rings is 1. The number of aryl methyl sites for hydroxylation is 1. The fourth-order valence-corrected chi connectivity index (χ4v) is 4.43. The van der Waals surface area contributed by atoms with E-state index in [-0.39, 0.29) is 17.7 Å². The minimum absolute atomic E-state index is 0.0165. The Hall–Kier alpha value is -2.60. The van der Waals surface area contributed by atoms with Crippen molar-refractivity contribution in [3.05, 3.63) is 58.4 Å². The molecule has 1 saturated heterocycles. The quantitative estimate of drug-likeness (QED) is 0.698. The monoisotopic (exact) mass is 426 g/mol. The van der Waals surface area contributed by atoms with Crippen LogP contribution in [0.25, 0.3) is 6.08 Å². The lowest BCUT2D eigenvalue weighted by Gasteiger charge is -2.30. The van der Waals surface area contributed by atoms with Crippen LogP contribution in [-0.2, 0) is 11.3 Å². The Morgan fingerprint density at radius 2 is 2.00 bits per heavy atom. The second-order valence-electron chi connectivity index (χ2n) is 7.90. The van der Waals surface area contributed by atoms with Gasteiger partial charge >= 0.3 is 0 Å². The standard InChI is InChI=1S/C23H27ClN4O2/c1-2-26-11-4-12-28-21(23(26)30)16-20(25-28)18-9-13-27(14-10-18)22(29)8-7-17-5-3-6-19(24)15-17/h3,5-8,15-16,18H,2,4,9-14H2,1H3. The maximum atomic E-state index is 12.7. The van der Waals surface area contributed by atoms with Crippen LogP contribution in [0.4, 0.5) is 0 Å². The minimum Gasteiger partial charge on any atom is -0.339 e. The minimum atomic E-state index is 0.0165. The summed E-state index contributed by atoms with van der Waals surface area (Å²) in [7, 11) is 0. The highest BCUT2D eigenvalue weighted by molar-refractivity contribution is 6.30. The van der Waals surface area contributed by atoms with Crippen LogP contribution in [0.1, 0.15) is 53.8 Å². The number of aromatic nitrogens is 2. The van der Waals surface area contributed by atoms with Crippen LogP contribution in [-0.4, -0.2) is 57.6 Å². The average Bonchev–Trinajstić information content (AvgIpc) is 3.13. The van der Waals surface area contributed by atoms with Gasteiger partial charge in [0, 0.05) is 49.7 Å². The highest BCUT2D eigenvalue weighted by Crippen LogP contribution is 2.29. The predicted octanol–water partition coefficient (Wildman–Crippen LogP) is 3.82. The number of carbonyl (C=O) groups is 2. The van der Waals surface area contributed by atoms with Crippen LogP contribution < -0.4 is 0 Å². The molecule has 2 aliphatic rings. The molecule has 4 rings (SSSR count). The highest BCUT2D eigenvalue weighted by Gasteiger charge is 2.28. The summed E-state index contributed by atoms with van der Waals surface area (Å²) < 4.78 is 1.87. The van der Waals surface area contributed by atoms with Gasteiger partial charge in [-0.3, -0.25) is 14.3 Å². The van der Waals surface area contributed by atoms with E-state index in [2.05, 4.69) is 0 Å². The van der Waals surface area contributed by atoms with Crippen molar-refractivity contribution in [1.82, 2.24) is 19.6 Å². The maximum Gasteiger partial charge on any atom is 0.272 e. The van der Waals surface area contributed by atoms with Gasteiger partial charge in [0.1, 0.15) is 5.69 Å². The van der Waals surface area contributed by atoms with Gasteiger partial charge in [-0.15, -0.1) is 0 Å². The van der Waals surface area contributed by atoms with Crippen LogP contribution in [0.15, 0.2) is 36.4 Å².